The van der Waals surface area contributed by atoms with Crippen LogP contribution in [0.5, 0.6) is 5.75 Å². The van der Waals surface area contributed by atoms with Crippen molar-refractivity contribution in [3.63, 3.8) is 0 Å². The predicted molar refractivity (Wildman–Crippen MR) is 72.2 cm³/mol. The Labute approximate surface area is 100 Å². The molecule has 3 heteroatoms. The van der Waals surface area contributed by atoms with Gasteiger partial charge in [0.15, 0.2) is 0 Å². The molecule has 1 aromatic heterocycles. The maximum atomic E-state index is 5.47. The zero-order chi connectivity index (χ0) is 12.0. The van der Waals surface area contributed by atoms with Gasteiger partial charge in [-0.1, -0.05) is 26.0 Å². The smallest absolute Gasteiger partial charge is 0.137 e. The van der Waals surface area contributed by atoms with Gasteiger partial charge in [0.1, 0.15) is 5.75 Å². The fourth-order valence-corrected chi connectivity index (χ4v) is 1.54. The van der Waals surface area contributed by atoms with Crippen molar-refractivity contribution >= 4 is 9.24 Å². The molecule has 0 aliphatic heterocycles. The highest BCUT2D eigenvalue weighted by molar-refractivity contribution is 7.16. The van der Waals surface area contributed by atoms with Gasteiger partial charge in [-0.2, -0.15) is 0 Å². The topological polar surface area (TPSA) is 22.1 Å². The van der Waals surface area contributed by atoms with Crippen LogP contribution >= 0.6 is 9.24 Å². The molecule has 1 rings (SSSR count). The van der Waals surface area contributed by atoms with Crippen molar-refractivity contribution < 1.29 is 4.74 Å². The summed E-state index contributed by atoms with van der Waals surface area (Å²) in [4.78, 5) is 4.41. The third-order valence-corrected chi connectivity index (χ3v) is 2.89. The first-order valence-electron chi connectivity index (χ1n) is 5.65. The highest BCUT2D eigenvalue weighted by Crippen LogP contribution is 2.24. The largest absolute Gasteiger partial charge is 0.492 e. The van der Waals surface area contributed by atoms with Crippen molar-refractivity contribution in [2.45, 2.75) is 26.2 Å². The van der Waals surface area contributed by atoms with Crippen molar-refractivity contribution in [3.05, 3.63) is 36.2 Å². The Bertz CT molecular complexity index is 334. The van der Waals surface area contributed by atoms with Gasteiger partial charge in [0.05, 0.1) is 12.8 Å². The van der Waals surface area contributed by atoms with Crippen molar-refractivity contribution in [1.82, 2.24) is 4.98 Å². The molecule has 0 bridgehead atoms. The van der Waals surface area contributed by atoms with Gasteiger partial charge in [0, 0.05) is 11.6 Å². The summed E-state index contributed by atoms with van der Waals surface area (Å²) in [5.74, 6) is 1.15. The number of nitrogens with zero attached hydrogens (tertiary/aromatic N) is 1. The average Bonchev–Trinajstić information content (AvgIpc) is 2.35. The van der Waals surface area contributed by atoms with E-state index >= 15 is 0 Å². The molecular weight excluding hydrogens is 217 g/mol. The molecule has 1 heterocycles. The summed E-state index contributed by atoms with van der Waals surface area (Å²) in [7, 11) is 2.64. The number of rotatable bonds is 6. The van der Waals surface area contributed by atoms with Gasteiger partial charge in [-0.05, 0) is 24.7 Å². The van der Waals surface area contributed by atoms with E-state index in [0.29, 0.717) is 12.5 Å². The van der Waals surface area contributed by atoms with Gasteiger partial charge < -0.3 is 4.74 Å². The second kappa shape index (κ2) is 6.65. The Morgan fingerprint density at radius 2 is 2.31 bits per heavy atom. The minimum atomic E-state index is 0.320. The van der Waals surface area contributed by atoms with E-state index in [-0.39, 0.29) is 0 Å². The van der Waals surface area contributed by atoms with E-state index in [4.69, 9.17) is 4.74 Å². The van der Waals surface area contributed by atoms with Crippen molar-refractivity contribution in [1.29, 1.82) is 0 Å². The van der Waals surface area contributed by atoms with Crippen LogP contribution in [0.25, 0.3) is 0 Å². The van der Waals surface area contributed by atoms with E-state index < -0.39 is 0 Å². The molecular formula is C13H20NOP. The number of hydrogen-bond acceptors (Lipinski definition) is 2. The van der Waals surface area contributed by atoms with Gasteiger partial charge in [-0.15, -0.1) is 9.24 Å². The highest BCUT2D eigenvalue weighted by atomic mass is 31.0. The summed E-state index contributed by atoms with van der Waals surface area (Å²) in [5.41, 5.74) is 2.27. The van der Waals surface area contributed by atoms with E-state index in [2.05, 4.69) is 34.7 Å². The van der Waals surface area contributed by atoms with Gasteiger partial charge >= 0.3 is 0 Å². The molecule has 0 aliphatic carbocycles. The third kappa shape index (κ3) is 3.61. The minimum absolute atomic E-state index is 0.320. The summed E-state index contributed by atoms with van der Waals surface area (Å²) in [6.07, 6.45) is 3.72. The van der Waals surface area contributed by atoms with Gasteiger partial charge in [-0.25, -0.2) is 0 Å². The van der Waals surface area contributed by atoms with Crippen molar-refractivity contribution in [2.24, 2.45) is 0 Å². The molecule has 0 aliphatic rings. The lowest BCUT2D eigenvalue weighted by Crippen LogP contribution is -2.01. The van der Waals surface area contributed by atoms with Crippen LogP contribution in [-0.2, 0) is 0 Å². The molecule has 0 saturated carbocycles. The molecule has 0 radical (unpaired) electrons. The standard InChI is InChI=1S/C13H20NOP/c1-4-10(2)11(3)13-6-5-12(9-14-13)15-7-8-16/h5-6,9,11H,2,4,7-8,16H2,1,3H3. The molecule has 88 valence electrons. The number of allylic oxidation sites excluding steroid dienone is 1. The fourth-order valence-electron chi connectivity index (χ4n) is 1.43. The van der Waals surface area contributed by atoms with Gasteiger partial charge in [0.2, 0.25) is 0 Å². The molecule has 0 N–H and O–H groups in total. The van der Waals surface area contributed by atoms with Gasteiger partial charge in [-0.3, -0.25) is 4.98 Å². The average molecular weight is 237 g/mol. The third-order valence-electron chi connectivity index (χ3n) is 2.66. The molecule has 0 amide bonds. The summed E-state index contributed by atoms with van der Waals surface area (Å²) in [6.45, 7) is 9.02. The Balaban J connectivity index is 2.67. The number of ether oxygens (including phenoxy) is 1. The molecule has 0 spiro atoms. The second-order valence-electron chi connectivity index (χ2n) is 3.79. The monoisotopic (exact) mass is 237 g/mol. The van der Waals surface area contributed by atoms with Crippen LogP contribution in [0, 0.1) is 0 Å². The van der Waals surface area contributed by atoms with E-state index in [9.17, 15) is 0 Å². The zero-order valence-electron chi connectivity index (χ0n) is 10.1. The Morgan fingerprint density at radius 3 is 2.81 bits per heavy atom. The van der Waals surface area contributed by atoms with Crippen LogP contribution in [0.3, 0.4) is 0 Å². The lowest BCUT2D eigenvalue weighted by Gasteiger charge is -2.13. The quantitative estimate of drug-likeness (QED) is 0.558. The van der Waals surface area contributed by atoms with Crippen LogP contribution in [0.1, 0.15) is 31.9 Å². The summed E-state index contributed by atoms with van der Waals surface area (Å²) < 4.78 is 5.47. The Kier molecular flexibility index (Phi) is 5.48. The van der Waals surface area contributed by atoms with E-state index in [1.807, 2.05) is 12.1 Å². The number of pyridine rings is 1. The maximum Gasteiger partial charge on any atom is 0.137 e. The van der Waals surface area contributed by atoms with Crippen LogP contribution in [0.4, 0.5) is 0 Å². The van der Waals surface area contributed by atoms with Gasteiger partial charge in [0.25, 0.3) is 0 Å². The molecule has 1 aromatic rings. The summed E-state index contributed by atoms with van der Waals surface area (Å²) in [5, 5.41) is 0. The normalized spacial score (nSPS) is 12.2. The first-order chi connectivity index (χ1) is 7.69. The molecule has 0 fully saturated rings. The van der Waals surface area contributed by atoms with E-state index in [1.165, 1.54) is 5.57 Å². The molecule has 0 saturated heterocycles. The van der Waals surface area contributed by atoms with E-state index in [1.54, 1.807) is 6.20 Å². The van der Waals surface area contributed by atoms with Crippen LogP contribution in [0.15, 0.2) is 30.5 Å². The zero-order valence-corrected chi connectivity index (χ0v) is 11.2. The molecule has 2 unspecified atom stereocenters. The van der Waals surface area contributed by atoms with Crippen molar-refractivity contribution in [2.75, 3.05) is 12.8 Å². The lowest BCUT2D eigenvalue weighted by atomic mass is 9.97. The molecule has 2 nitrogen and oxygen atoms in total. The highest BCUT2D eigenvalue weighted by Gasteiger charge is 2.09. The van der Waals surface area contributed by atoms with Crippen molar-refractivity contribution in [3.8, 4) is 5.75 Å². The minimum Gasteiger partial charge on any atom is -0.492 e. The number of aromatic nitrogens is 1. The summed E-state index contributed by atoms with van der Waals surface area (Å²) >= 11 is 0. The maximum absolute atomic E-state index is 5.47. The number of hydrogen-bond donors (Lipinski definition) is 0. The predicted octanol–water partition coefficient (Wildman–Crippen LogP) is 3.41. The Morgan fingerprint density at radius 1 is 1.56 bits per heavy atom. The van der Waals surface area contributed by atoms with E-state index in [0.717, 1.165) is 24.0 Å². The first-order valence-corrected chi connectivity index (χ1v) is 6.47. The van der Waals surface area contributed by atoms with Crippen LogP contribution in [-0.4, -0.2) is 17.8 Å². The first kappa shape index (κ1) is 13.2. The fraction of sp³-hybridized carbons (Fsp3) is 0.462. The summed E-state index contributed by atoms with van der Waals surface area (Å²) in [6, 6.07) is 3.99. The Hall–Kier alpha value is -0.880. The SMILES string of the molecule is C=C(CC)C(C)c1ccc(OCCP)cn1. The molecule has 0 aromatic carbocycles. The molecule has 16 heavy (non-hydrogen) atoms. The van der Waals surface area contributed by atoms with Crippen LogP contribution in [0.2, 0.25) is 0 Å². The molecule has 2 atom stereocenters. The van der Waals surface area contributed by atoms with Crippen LogP contribution < -0.4 is 4.74 Å². The second-order valence-corrected chi connectivity index (χ2v) is 4.37. The lowest BCUT2D eigenvalue weighted by molar-refractivity contribution is 0.342.